The van der Waals surface area contributed by atoms with Crippen LogP contribution in [0.2, 0.25) is 0 Å². The van der Waals surface area contributed by atoms with Gasteiger partial charge in [0.25, 0.3) is 0 Å². The third-order valence-corrected chi connectivity index (χ3v) is 8.07. The molecule has 0 aliphatic carbocycles. The highest BCUT2D eigenvalue weighted by Gasteiger charge is 2.38. The molecule has 2 heterocycles. The minimum absolute atomic E-state index is 0.106. The van der Waals surface area contributed by atoms with E-state index in [4.69, 9.17) is 0 Å². The zero-order chi connectivity index (χ0) is 20.7. The van der Waals surface area contributed by atoms with Gasteiger partial charge < -0.3 is 10.2 Å². The fourth-order valence-corrected chi connectivity index (χ4v) is 6.19. The van der Waals surface area contributed by atoms with Gasteiger partial charge in [-0.15, -0.1) is 0 Å². The predicted molar refractivity (Wildman–Crippen MR) is 116 cm³/mol. The van der Waals surface area contributed by atoms with E-state index in [-0.39, 0.29) is 17.7 Å². The number of amides is 1. The van der Waals surface area contributed by atoms with Crippen molar-refractivity contribution in [3.8, 4) is 0 Å². The van der Waals surface area contributed by atoms with Crippen LogP contribution in [-0.2, 0) is 21.2 Å². The minimum Gasteiger partial charge on any atom is -0.352 e. The molecular weight excluding hydrogens is 386 g/mol. The van der Waals surface area contributed by atoms with Gasteiger partial charge in [-0.1, -0.05) is 43.7 Å². The largest absolute Gasteiger partial charge is 0.352 e. The lowest BCUT2D eigenvalue weighted by Crippen LogP contribution is -2.51. The van der Waals surface area contributed by atoms with Crippen LogP contribution in [0.5, 0.6) is 0 Å². The summed E-state index contributed by atoms with van der Waals surface area (Å²) in [6, 6.07) is 10.1. The van der Waals surface area contributed by atoms with E-state index < -0.39 is 16.1 Å². The number of hydrogen-bond acceptors (Lipinski definition) is 4. The standard InChI is InChI=1S/C22H35N3O3S/c1-2-3-18-29(27,28)25-14-7-10-21(25)22(26)23-20-12-16-24(17-13-20)15-11-19-8-5-4-6-9-19/h4-6,8-9,20-21H,2-3,7,10-18H2,1H3,(H,23,26). The number of nitrogens with zero attached hydrogens (tertiary/aromatic N) is 2. The summed E-state index contributed by atoms with van der Waals surface area (Å²) in [6.45, 7) is 5.44. The van der Waals surface area contributed by atoms with Crippen molar-refractivity contribution in [2.24, 2.45) is 0 Å². The molecular formula is C22H35N3O3S. The molecule has 7 heteroatoms. The summed E-state index contributed by atoms with van der Waals surface area (Å²) in [6.07, 6.45) is 5.78. The molecule has 1 aromatic rings. The second kappa shape index (κ2) is 10.5. The third-order valence-electron chi connectivity index (χ3n) is 6.11. The first-order valence-electron chi connectivity index (χ1n) is 11.1. The highest BCUT2D eigenvalue weighted by atomic mass is 32.2. The Morgan fingerprint density at radius 1 is 1.10 bits per heavy atom. The average Bonchev–Trinajstić information content (AvgIpc) is 3.24. The molecule has 0 spiro atoms. The quantitative estimate of drug-likeness (QED) is 0.665. The molecule has 162 valence electrons. The molecule has 6 nitrogen and oxygen atoms in total. The van der Waals surface area contributed by atoms with Gasteiger partial charge in [-0.2, -0.15) is 4.31 Å². The predicted octanol–water partition coefficient (Wildman–Crippen LogP) is 2.40. The lowest BCUT2D eigenvalue weighted by atomic mass is 10.0. The molecule has 0 aromatic heterocycles. The number of hydrogen-bond donors (Lipinski definition) is 1. The first kappa shape index (κ1) is 22.2. The van der Waals surface area contributed by atoms with Gasteiger partial charge in [-0.3, -0.25) is 4.79 Å². The van der Waals surface area contributed by atoms with Crippen LogP contribution in [0.1, 0.15) is 51.0 Å². The van der Waals surface area contributed by atoms with Gasteiger partial charge >= 0.3 is 0 Å². The minimum atomic E-state index is -3.34. The van der Waals surface area contributed by atoms with Crippen LogP contribution in [0.4, 0.5) is 0 Å². The number of benzene rings is 1. The Kier molecular flexibility index (Phi) is 8.09. The molecule has 1 amide bonds. The van der Waals surface area contributed by atoms with Crippen LogP contribution in [0.15, 0.2) is 30.3 Å². The van der Waals surface area contributed by atoms with Gasteiger partial charge in [-0.25, -0.2) is 8.42 Å². The summed E-state index contributed by atoms with van der Waals surface area (Å²) >= 11 is 0. The molecule has 1 unspecified atom stereocenters. The summed E-state index contributed by atoms with van der Waals surface area (Å²) < 4.78 is 26.6. The van der Waals surface area contributed by atoms with Crippen LogP contribution >= 0.6 is 0 Å². The Labute approximate surface area is 175 Å². The Morgan fingerprint density at radius 3 is 2.52 bits per heavy atom. The van der Waals surface area contributed by atoms with E-state index in [0.29, 0.717) is 19.4 Å². The van der Waals surface area contributed by atoms with Crippen LogP contribution in [-0.4, -0.2) is 67.5 Å². The van der Waals surface area contributed by atoms with Crippen molar-refractivity contribution in [3.05, 3.63) is 35.9 Å². The fraction of sp³-hybridized carbons (Fsp3) is 0.682. The van der Waals surface area contributed by atoms with Gasteiger partial charge in [0.15, 0.2) is 0 Å². The summed E-state index contributed by atoms with van der Waals surface area (Å²) in [5, 5.41) is 3.14. The van der Waals surface area contributed by atoms with Gasteiger partial charge in [0.1, 0.15) is 6.04 Å². The molecule has 2 fully saturated rings. The van der Waals surface area contributed by atoms with E-state index in [1.54, 1.807) is 0 Å². The maximum atomic E-state index is 12.8. The van der Waals surface area contributed by atoms with Crippen molar-refractivity contribution in [1.82, 2.24) is 14.5 Å². The van der Waals surface area contributed by atoms with E-state index in [2.05, 4.69) is 34.5 Å². The number of nitrogens with one attached hydrogen (secondary N) is 1. The zero-order valence-electron chi connectivity index (χ0n) is 17.6. The number of carbonyl (C=O) groups is 1. The molecule has 2 aliphatic rings. The van der Waals surface area contributed by atoms with Gasteiger partial charge in [-0.05, 0) is 44.1 Å². The van der Waals surface area contributed by atoms with Gasteiger partial charge in [0.2, 0.25) is 15.9 Å². The summed E-state index contributed by atoms with van der Waals surface area (Å²) in [5.41, 5.74) is 1.36. The lowest BCUT2D eigenvalue weighted by Gasteiger charge is -2.33. The molecule has 1 atom stereocenters. The third kappa shape index (κ3) is 6.27. The van der Waals surface area contributed by atoms with E-state index in [9.17, 15) is 13.2 Å². The Hall–Kier alpha value is -1.44. The SMILES string of the molecule is CCCCS(=O)(=O)N1CCCC1C(=O)NC1CCN(CCc2ccccc2)CC1. The van der Waals surface area contributed by atoms with E-state index in [1.165, 1.54) is 9.87 Å². The number of piperidine rings is 1. The Bertz CT molecular complexity index is 746. The second-order valence-corrected chi connectivity index (χ2v) is 10.3. The number of likely N-dealkylation sites (tertiary alicyclic amines) is 1. The van der Waals surface area contributed by atoms with Crippen LogP contribution in [0.25, 0.3) is 0 Å². The number of rotatable bonds is 9. The van der Waals surface area contributed by atoms with Crippen molar-refractivity contribution < 1.29 is 13.2 Å². The monoisotopic (exact) mass is 421 g/mol. The molecule has 1 N–H and O–H groups in total. The summed E-state index contributed by atoms with van der Waals surface area (Å²) in [5.74, 6) is 0.0397. The molecule has 0 radical (unpaired) electrons. The topological polar surface area (TPSA) is 69.7 Å². The molecule has 2 aliphatic heterocycles. The van der Waals surface area contributed by atoms with E-state index in [0.717, 1.165) is 51.7 Å². The highest BCUT2D eigenvalue weighted by molar-refractivity contribution is 7.89. The van der Waals surface area contributed by atoms with Crippen LogP contribution < -0.4 is 5.32 Å². The van der Waals surface area contributed by atoms with E-state index in [1.807, 2.05) is 13.0 Å². The Balaban J connectivity index is 1.44. The number of sulfonamides is 1. The second-order valence-electron chi connectivity index (χ2n) is 8.30. The maximum Gasteiger partial charge on any atom is 0.238 e. The molecule has 0 saturated carbocycles. The normalized spacial score (nSPS) is 22.0. The zero-order valence-corrected chi connectivity index (χ0v) is 18.4. The lowest BCUT2D eigenvalue weighted by molar-refractivity contribution is -0.125. The molecule has 3 rings (SSSR count). The number of unbranched alkanes of at least 4 members (excludes halogenated alkanes) is 1. The smallest absolute Gasteiger partial charge is 0.238 e. The van der Waals surface area contributed by atoms with Crippen molar-refractivity contribution in [2.75, 3.05) is 31.9 Å². The summed E-state index contributed by atoms with van der Waals surface area (Å²) in [4.78, 5) is 15.3. The van der Waals surface area contributed by atoms with Crippen molar-refractivity contribution in [1.29, 1.82) is 0 Å². The first-order valence-corrected chi connectivity index (χ1v) is 12.7. The van der Waals surface area contributed by atoms with Crippen molar-refractivity contribution >= 4 is 15.9 Å². The summed E-state index contributed by atoms with van der Waals surface area (Å²) in [7, 11) is -3.34. The highest BCUT2D eigenvalue weighted by Crippen LogP contribution is 2.23. The molecule has 1 aromatic carbocycles. The van der Waals surface area contributed by atoms with Crippen molar-refractivity contribution in [2.45, 2.75) is 64.0 Å². The molecule has 0 bridgehead atoms. The number of carbonyl (C=O) groups excluding carboxylic acids is 1. The molecule has 29 heavy (non-hydrogen) atoms. The van der Waals surface area contributed by atoms with Crippen molar-refractivity contribution in [3.63, 3.8) is 0 Å². The Morgan fingerprint density at radius 2 is 1.83 bits per heavy atom. The first-order chi connectivity index (χ1) is 14.0. The average molecular weight is 422 g/mol. The maximum absolute atomic E-state index is 12.8. The van der Waals surface area contributed by atoms with Crippen LogP contribution in [0, 0.1) is 0 Å². The fourth-order valence-electron chi connectivity index (χ4n) is 4.31. The van der Waals surface area contributed by atoms with Gasteiger partial charge in [0.05, 0.1) is 5.75 Å². The van der Waals surface area contributed by atoms with Crippen LogP contribution in [0.3, 0.4) is 0 Å². The molecule has 2 saturated heterocycles. The van der Waals surface area contributed by atoms with Gasteiger partial charge in [0, 0.05) is 32.2 Å². The van der Waals surface area contributed by atoms with E-state index >= 15 is 0 Å².